The molecule has 3 aromatic rings. The number of nitrogens with one attached hydrogen (secondary N) is 1. The molecule has 1 amide bonds. The van der Waals surface area contributed by atoms with Crippen LogP contribution in [0.2, 0.25) is 0 Å². The van der Waals surface area contributed by atoms with E-state index in [1.165, 1.54) is 5.56 Å². The third-order valence-corrected chi connectivity index (χ3v) is 6.48. The van der Waals surface area contributed by atoms with E-state index in [1.807, 2.05) is 41.3 Å². The predicted molar refractivity (Wildman–Crippen MR) is 133 cm³/mol. The number of aryl methyl sites for hydroxylation is 1. The molecule has 1 aliphatic rings. The van der Waals surface area contributed by atoms with Crippen LogP contribution in [0.15, 0.2) is 48.7 Å². The highest BCUT2D eigenvalue weighted by atomic mass is 16.4. The molecule has 1 aliphatic heterocycles. The van der Waals surface area contributed by atoms with Crippen molar-refractivity contribution in [3.05, 3.63) is 65.5 Å². The number of fused-ring (bicyclic) bond motifs is 2. The number of hydrogen-bond donors (Lipinski definition) is 2. The molecular formula is C27H32N4O3. The number of carboxylic acid groups (broad SMARTS) is 1. The molecule has 1 unspecified atom stereocenters. The minimum atomic E-state index is -0.810. The van der Waals surface area contributed by atoms with Crippen molar-refractivity contribution < 1.29 is 14.7 Å². The summed E-state index contributed by atoms with van der Waals surface area (Å²) < 4.78 is 0. The molecule has 0 saturated carbocycles. The van der Waals surface area contributed by atoms with Crippen LogP contribution in [0.3, 0.4) is 0 Å². The van der Waals surface area contributed by atoms with Gasteiger partial charge in [-0.2, -0.15) is 0 Å². The quantitative estimate of drug-likeness (QED) is 0.423. The van der Waals surface area contributed by atoms with Gasteiger partial charge in [-0.3, -0.25) is 14.6 Å². The highest BCUT2D eigenvalue weighted by Crippen LogP contribution is 2.28. The summed E-state index contributed by atoms with van der Waals surface area (Å²) in [4.78, 5) is 34.8. The zero-order chi connectivity index (χ0) is 23.9. The molecular weight excluding hydrogens is 428 g/mol. The lowest BCUT2D eigenvalue weighted by molar-refractivity contribution is -0.137. The summed E-state index contributed by atoms with van der Waals surface area (Å²) in [6.45, 7) is 3.63. The first-order valence-corrected chi connectivity index (χ1v) is 12.0. The minimum Gasteiger partial charge on any atom is -0.481 e. The van der Waals surface area contributed by atoms with Crippen LogP contribution in [0.5, 0.6) is 0 Å². The van der Waals surface area contributed by atoms with Gasteiger partial charge in [0, 0.05) is 31.6 Å². The maximum absolute atomic E-state index is 12.3. The summed E-state index contributed by atoms with van der Waals surface area (Å²) in [5.41, 5.74) is 3.98. The van der Waals surface area contributed by atoms with Crippen LogP contribution in [0.4, 0.5) is 5.82 Å². The van der Waals surface area contributed by atoms with Gasteiger partial charge in [-0.15, -0.1) is 0 Å². The first-order valence-electron chi connectivity index (χ1n) is 12.0. The molecule has 4 rings (SSSR count). The van der Waals surface area contributed by atoms with E-state index in [0.29, 0.717) is 13.1 Å². The first kappa shape index (κ1) is 23.7. The number of hydrogen-bond acceptors (Lipinski definition) is 5. The van der Waals surface area contributed by atoms with E-state index >= 15 is 0 Å². The molecule has 0 aliphatic carbocycles. The molecule has 2 aromatic heterocycles. The lowest BCUT2D eigenvalue weighted by atomic mass is 9.91. The SMILES string of the molecule is CC(=O)N(CCCCC(CC(=O)O)c1cnc2ccccc2c1)Cc1ccc2c(n1)NCCC2. The molecule has 2 N–H and O–H groups in total. The number of aromatic nitrogens is 2. The van der Waals surface area contributed by atoms with Gasteiger partial charge in [0.25, 0.3) is 0 Å². The Morgan fingerprint density at radius 3 is 2.85 bits per heavy atom. The summed E-state index contributed by atoms with van der Waals surface area (Å²) in [6.07, 6.45) is 6.39. The molecule has 0 radical (unpaired) electrons. The number of unbranched alkanes of at least 4 members (excludes halogenated alkanes) is 1. The Kier molecular flexibility index (Phi) is 7.72. The molecule has 0 bridgehead atoms. The number of amides is 1. The zero-order valence-electron chi connectivity index (χ0n) is 19.7. The molecule has 0 saturated heterocycles. The fourth-order valence-corrected chi connectivity index (χ4v) is 4.60. The van der Waals surface area contributed by atoms with E-state index in [1.54, 1.807) is 13.1 Å². The van der Waals surface area contributed by atoms with Gasteiger partial charge in [-0.1, -0.05) is 30.7 Å². The van der Waals surface area contributed by atoms with Crippen molar-refractivity contribution >= 4 is 28.6 Å². The van der Waals surface area contributed by atoms with Crippen molar-refractivity contribution in [2.24, 2.45) is 0 Å². The number of pyridine rings is 2. The van der Waals surface area contributed by atoms with E-state index in [2.05, 4.69) is 16.4 Å². The molecule has 1 aromatic carbocycles. The fraction of sp³-hybridized carbons (Fsp3) is 0.407. The molecule has 7 heteroatoms. The summed E-state index contributed by atoms with van der Waals surface area (Å²) in [5.74, 6) is 0.0467. The smallest absolute Gasteiger partial charge is 0.303 e. The van der Waals surface area contributed by atoms with Crippen LogP contribution < -0.4 is 5.32 Å². The Morgan fingerprint density at radius 1 is 1.18 bits per heavy atom. The van der Waals surface area contributed by atoms with E-state index in [9.17, 15) is 14.7 Å². The summed E-state index contributed by atoms with van der Waals surface area (Å²) >= 11 is 0. The summed E-state index contributed by atoms with van der Waals surface area (Å²) in [5, 5.41) is 13.8. The maximum atomic E-state index is 12.3. The third-order valence-electron chi connectivity index (χ3n) is 6.48. The zero-order valence-corrected chi connectivity index (χ0v) is 19.7. The average Bonchev–Trinajstić information content (AvgIpc) is 2.84. The van der Waals surface area contributed by atoms with Gasteiger partial charge in [0.15, 0.2) is 0 Å². The standard InChI is InChI=1S/C27H32N4O3/c1-19(32)31(18-24-12-11-20-9-6-13-28-27(20)30-24)14-5-4-7-21(16-26(33)34)23-15-22-8-2-3-10-25(22)29-17-23/h2-3,8,10-12,15,17,21H,4-7,9,13-14,16,18H2,1H3,(H,28,30)(H,33,34). The van der Waals surface area contributed by atoms with Crippen LogP contribution in [-0.4, -0.2) is 44.9 Å². The molecule has 34 heavy (non-hydrogen) atoms. The number of carbonyl (C=O) groups excluding carboxylic acids is 1. The fourth-order valence-electron chi connectivity index (χ4n) is 4.60. The number of carboxylic acids is 1. The van der Waals surface area contributed by atoms with Crippen molar-refractivity contribution in [2.75, 3.05) is 18.4 Å². The van der Waals surface area contributed by atoms with Gasteiger partial charge in [-0.05, 0) is 60.9 Å². The number of rotatable bonds is 10. The molecule has 1 atom stereocenters. The van der Waals surface area contributed by atoms with E-state index < -0.39 is 5.97 Å². The van der Waals surface area contributed by atoms with Crippen molar-refractivity contribution in [3.63, 3.8) is 0 Å². The van der Waals surface area contributed by atoms with Crippen LogP contribution in [0.1, 0.15) is 61.8 Å². The molecule has 7 nitrogen and oxygen atoms in total. The average molecular weight is 461 g/mol. The lowest BCUT2D eigenvalue weighted by Gasteiger charge is -2.23. The van der Waals surface area contributed by atoms with Gasteiger partial charge in [0.1, 0.15) is 5.82 Å². The maximum Gasteiger partial charge on any atom is 0.303 e. The Balaban J connectivity index is 1.35. The lowest BCUT2D eigenvalue weighted by Crippen LogP contribution is -2.30. The Hall–Kier alpha value is -3.48. The number of nitrogens with zero attached hydrogens (tertiary/aromatic N) is 3. The predicted octanol–water partition coefficient (Wildman–Crippen LogP) is 4.77. The van der Waals surface area contributed by atoms with Gasteiger partial charge in [0.2, 0.25) is 5.91 Å². The number of benzene rings is 1. The molecule has 3 heterocycles. The van der Waals surface area contributed by atoms with Gasteiger partial charge in [0.05, 0.1) is 24.2 Å². The van der Waals surface area contributed by atoms with Gasteiger partial charge < -0.3 is 15.3 Å². The monoisotopic (exact) mass is 460 g/mol. The minimum absolute atomic E-state index is 0.0216. The number of carbonyl (C=O) groups is 2. The van der Waals surface area contributed by atoms with Gasteiger partial charge >= 0.3 is 5.97 Å². The topological polar surface area (TPSA) is 95.4 Å². The second-order valence-corrected chi connectivity index (χ2v) is 9.03. The van der Waals surface area contributed by atoms with Crippen molar-refractivity contribution in [1.29, 1.82) is 0 Å². The van der Waals surface area contributed by atoms with Gasteiger partial charge in [-0.25, -0.2) is 4.98 Å². The first-order chi connectivity index (χ1) is 16.5. The normalized spacial score (nSPS) is 13.7. The molecule has 0 spiro atoms. The number of para-hydroxylation sites is 1. The second-order valence-electron chi connectivity index (χ2n) is 9.03. The molecule has 0 fully saturated rings. The molecule has 178 valence electrons. The van der Waals surface area contributed by atoms with Crippen molar-refractivity contribution in [2.45, 2.75) is 57.9 Å². The Morgan fingerprint density at radius 2 is 2.03 bits per heavy atom. The summed E-state index contributed by atoms with van der Waals surface area (Å²) in [7, 11) is 0. The summed E-state index contributed by atoms with van der Waals surface area (Å²) in [6, 6.07) is 14.0. The van der Waals surface area contributed by atoms with Crippen LogP contribution in [0.25, 0.3) is 10.9 Å². The van der Waals surface area contributed by atoms with E-state index in [4.69, 9.17) is 4.98 Å². The Labute approximate surface area is 200 Å². The van der Waals surface area contributed by atoms with Crippen LogP contribution >= 0.6 is 0 Å². The van der Waals surface area contributed by atoms with Crippen LogP contribution in [0, 0.1) is 0 Å². The number of aliphatic carboxylic acids is 1. The third kappa shape index (κ3) is 6.10. The largest absolute Gasteiger partial charge is 0.481 e. The van der Waals surface area contributed by atoms with Crippen LogP contribution in [-0.2, 0) is 22.6 Å². The van der Waals surface area contributed by atoms with Crippen molar-refractivity contribution in [1.82, 2.24) is 14.9 Å². The second kappa shape index (κ2) is 11.1. The van der Waals surface area contributed by atoms with E-state index in [-0.39, 0.29) is 18.2 Å². The number of anilines is 1. The van der Waals surface area contributed by atoms with E-state index in [0.717, 1.165) is 66.6 Å². The highest BCUT2D eigenvalue weighted by molar-refractivity contribution is 5.79. The van der Waals surface area contributed by atoms with Crippen molar-refractivity contribution in [3.8, 4) is 0 Å². The Bertz CT molecular complexity index is 1160. The highest BCUT2D eigenvalue weighted by Gasteiger charge is 2.18.